The van der Waals surface area contributed by atoms with E-state index in [1.54, 1.807) is 0 Å². The summed E-state index contributed by atoms with van der Waals surface area (Å²) in [6.45, 7) is 1.25. The summed E-state index contributed by atoms with van der Waals surface area (Å²) in [5.74, 6) is -0.388. The van der Waals surface area contributed by atoms with Gasteiger partial charge in [-0.15, -0.1) is 0 Å². The molecule has 0 spiro atoms. The van der Waals surface area contributed by atoms with Crippen LogP contribution in [-0.4, -0.2) is 10.7 Å². The van der Waals surface area contributed by atoms with Crippen molar-refractivity contribution in [3.63, 3.8) is 0 Å². The average molecular weight is 206 g/mol. The lowest BCUT2D eigenvalue weighted by Gasteiger charge is -2.00. The molecule has 0 aromatic heterocycles. The van der Waals surface area contributed by atoms with E-state index in [0.29, 0.717) is 0 Å². The molecule has 76 valence electrons. The Morgan fingerprint density at radius 3 is 2.73 bits per heavy atom. The highest BCUT2D eigenvalue weighted by Crippen LogP contribution is 2.31. The highest BCUT2D eigenvalue weighted by atomic mass is 16.6. The maximum atomic E-state index is 11.1. The molecule has 1 aromatic rings. The SMILES string of the molecule is CC(=O)c1cccc([N+](=O)[O-])c1N=[N+]=[N-]. The van der Waals surface area contributed by atoms with Gasteiger partial charge >= 0.3 is 0 Å². The van der Waals surface area contributed by atoms with Crippen molar-refractivity contribution in [3.05, 3.63) is 44.3 Å². The summed E-state index contributed by atoms with van der Waals surface area (Å²) in [7, 11) is 0. The second-order valence-electron chi connectivity index (χ2n) is 2.68. The van der Waals surface area contributed by atoms with Crippen LogP contribution >= 0.6 is 0 Å². The predicted octanol–water partition coefficient (Wildman–Crippen LogP) is 2.74. The Bertz CT molecular complexity index is 445. The second-order valence-corrected chi connectivity index (χ2v) is 2.68. The first-order valence-corrected chi connectivity index (χ1v) is 3.91. The topological polar surface area (TPSA) is 109 Å². The Labute approximate surface area is 84.1 Å². The quantitative estimate of drug-likeness (QED) is 0.189. The number of ketones is 1. The standard InChI is InChI=1S/C8H6N4O3/c1-5(13)6-3-2-4-7(12(14)15)8(6)10-11-9/h2-4H,1H3. The van der Waals surface area contributed by atoms with Crippen LogP contribution in [0, 0.1) is 10.1 Å². The second kappa shape index (κ2) is 4.21. The molecule has 0 bridgehead atoms. The highest BCUT2D eigenvalue weighted by Gasteiger charge is 2.17. The van der Waals surface area contributed by atoms with Crippen molar-refractivity contribution in [1.29, 1.82) is 0 Å². The van der Waals surface area contributed by atoms with Crippen LogP contribution in [0.1, 0.15) is 17.3 Å². The molecular formula is C8H6N4O3. The number of nitro groups is 1. The van der Waals surface area contributed by atoms with Crippen LogP contribution in [0.5, 0.6) is 0 Å². The smallest absolute Gasteiger partial charge is 0.279 e. The van der Waals surface area contributed by atoms with Crippen molar-refractivity contribution in [2.75, 3.05) is 0 Å². The summed E-state index contributed by atoms with van der Waals surface area (Å²) in [6, 6.07) is 3.92. The summed E-state index contributed by atoms with van der Waals surface area (Å²) < 4.78 is 0. The molecular weight excluding hydrogens is 200 g/mol. The number of rotatable bonds is 3. The third-order valence-corrected chi connectivity index (χ3v) is 1.74. The van der Waals surface area contributed by atoms with E-state index in [-0.39, 0.29) is 22.7 Å². The van der Waals surface area contributed by atoms with Gasteiger partial charge in [0, 0.05) is 16.5 Å². The third kappa shape index (κ3) is 2.09. The summed E-state index contributed by atoms with van der Waals surface area (Å²) in [5.41, 5.74) is 7.69. The lowest BCUT2D eigenvalue weighted by Crippen LogP contribution is -1.96. The number of azide groups is 1. The van der Waals surface area contributed by atoms with Crippen molar-refractivity contribution in [2.45, 2.75) is 6.92 Å². The van der Waals surface area contributed by atoms with Crippen LogP contribution in [0.25, 0.3) is 10.4 Å². The van der Waals surface area contributed by atoms with Gasteiger partial charge < -0.3 is 0 Å². The highest BCUT2D eigenvalue weighted by molar-refractivity contribution is 6.00. The van der Waals surface area contributed by atoms with Gasteiger partial charge in [0.25, 0.3) is 5.69 Å². The van der Waals surface area contributed by atoms with Gasteiger partial charge in [-0.05, 0) is 12.5 Å². The van der Waals surface area contributed by atoms with E-state index in [9.17, 15) is 14.9 Å². The molecule has 0 atom stereocenters. The number of carbonyl (C=O) groups is 1. The maximum absolute atomic E-state index is 11.1. The van der Waals surface area contributed by atoms with Crippen molar-refractivity contribution < 1.29 is 9.72 Å². The fourth-order valence-electron chi connectivity index (χ4n) is 1.11. The number of benzene rings is 1. The predicted molar refractivity (Wildman–Crippen MR) is 51.9 cm³/mol. The van der Waals surface area contributed by atoms with Gasteiger partial charge in [0.15, 0.2) is 5.78 Å². The van der Waals surface area contributed by atoms with Crippen LogP contribution in [-0.2, 0) is 0 Å². The van der Waals surface area contributed by atoms with Gasteiger partial charge in [0.2, 0.25) is 0 Å². The molecule has 0 heterocycles. The Balaban J connectivity index is 3.55. The molecule has 1 aromatic carbocycles. The molecule has 15 heavy (non-hydrogen) atoms. The van der Waals surface area contributed by atoms with E-state index >= 15 is 0 Å². The van der Waals surface area contributed by atoms with Crippen LogP contribution < -0.4 is 0 Å². The van der Waals surface area contributed by atoms with Crippen molar-refractivity contribution in [1.82, 2.24) is 0 Å². The molecule has 0 saturated carbocycles. The Morgan fingerprint density at radius 1 is 1.60 bits per heavy atom. The summed E-state index contributed by atoms with van der Waals surface area (Å²) in [5, 5.41) is 13.7. The monoisotopic (exact) mass is 206 g/mol. The van der Waals surface area contributed by atoms with Gasteiger partial charge in [0.05, 0.1) is 4.92 Å². The van der Waals surface area contributed by atoms with E-state index in [2.05, 4.69) is 10.0 Å². The average Bonchev–Trinajstić information content (AvgIpc) is 2.17. The van der Waals surface area contributed by atoms with E-state index in [4.69, 9.17) is 5.53 Å². The number of hydrogen-bond acceptors (Lipinski definition) is 4. The zero-order chi connectivity index (χ0) is 11.4. The van der Waals surface area contributed by atoms with Crippen molar-refractivity contribution in [2.24, 2.45) is 5.11 Å². The number of carbonyl (C=O) groups excluding carboxylic acids is 1. The molecule has 0 unspecified atom stereocenters. The number of hydrogen-bond donors (Lipinski definition) is 0. The number of nitrogens with zero attached hydrogens (tertiary/aromatic N) is 4. The fourth-order valence-corrected chi connectivity index (χ4v) is 1.11. The largest absolute Gasteiger partial charge is 0.294 e. The first kappa shape index (κ1) is 10.7. The van der Waals surface area contributed by atoms with E-state index in [1.807, 2.05) is 0 Å². The van der Waals surface area contributed by atoms with Crippen molar-refractivity contribution in [3.8, 4) is 0 Å². The summed E-state index contributed by atoms with van der Waals surface area (Å²) in [6.07, 6.45) is 0. The molecule has 0 radical (unpaired) electrons. The minimum atomic E-state index is -0.698. The van der Waals surface area contributed by atoms with Gasteiger partial charge in [0.1, 0.15) is 5.69 Å². The Kier molecular flexibility index (Phi) is 3.00. The van der Waals surface area contributed by atoms with Gasteiger partial charge in [-0.25, -0.2) is 0 Å². The van der Waals surface area contributed by atoms with E-state index in [1.165, 1.54) is 25.1 Å². The maximum Gasteiger partial charge on any atom is 0.279 e. The van der Waals surface area contributed by atoms with Gasteiger partial charge in [-0.1, -0.05) is 17.2 Å². The first-order valence-electron chi connectivity index (χ1n) is 3.91. The molecule has 0 N–H and O–H groups in total. The minimum Gasteiger partial charge on any atom is -0.294 e. The molecule has 0 aliphatic rings. The normalized spacial score (nSPS) is 9.13. The molecule has 0 aliphatic carbocycles. The van der Waals surface area contributed by atoms with Gasteiger partial charge in [-0.2, -0.15) is 0 Å². The lowest BCUT2D eigenvalue weighted by molar-refractivity contribution is -0.384. The number of Topliss-reactive ketones (excluding diaryl/α,β-unsaturated/α-hetero) is 1. The fraction of sp³-hybridized carbons (Fsp3) is 0.125. The van der Waals surface area contributed by atoms with Crippen LogP contribution in [0.4, 0.5) is 11.4 Å². The first-order chi connectivity index (χ1) is 7.07. The Morgan fingerprint density at radius 2 is 2.27 bits per heavy atom. The molecule has 0 fully saturated rings. The van der Waals surface area contributed by atoms with E-state index in [0.717, 1.165) is 0 Å². The van der Waals surface area contributed by atoms with Crippen LogP contribution in [0.15, 0.2) is 23.3 Å². The number of nitro benzene ring substituents is 1. The van der Waals surface area contributed by atoms with Crippen LogP contribution in [0.3, 0.4) is 0 Å². The van der Waals surface area contributed by atoms with Crippen LogP contribution in [0.2, 0.25) is 0 Å². The summed E-state index contributed by atoms with van der Waals surface area (Å²) >= 11 is 0. The molecule has 0 amide bonds. The molecule has 7 nitrogen and oxygen atoms in total. The molecule has 0 aliphatic heterocycles. The third-order valence-electron chi connectivity index (χ3n) is 1.74. The Hall–Kier alpha value is -2.40. The van der Waals surface area contributed by atoms with Gasteiger partial charge in [-0.3, -0.25) is 14.9 Å². The zero-order valence-electron chi connectivity index (χ0n) is 7.75. The molecule has 0 saturated heterocycles. The van der Waals surface area contributed by atoms with Crippen molar-refractivity contribution >= 4 is 17.2 Å². The van der Waals surface area contributed by atoms with E-state index < -0.39 is 4.92 Å². The lowest BCUT2D eigenvalue weighted by atomic mass is 10.1. The molecule has 1 rings (SSSR count). The summed E-state index contributed by atoms with van der Waals surface area (Å²) in [4.78, 5) is 23.5. The zero-order valence-corrected chi connectivity index (χ0v) is 7.75. The minimum absolute atomic E-state index is 0.0435. The molecule has 7 heteroatoms.